The molecule has 0 aromatic heterocycles. The first-order valence-corrected chi connectivity index (χ1v) is 4.93. The summed E-state index contributed by atoms with van der Waals surface area (Å²) in [6, 6.07) is 3.87. The highest BCUT2D eigenvalue weighted by Crippen LogP contribution is 2.24. The van der Waals surface area contributed by atoms with Crippen molar-refractivity contribution in [3.63, 3.8) is 0 Å². The van der Waals surface area contributed by atoms with E-state index in [9.17, 15) is 0 Å². The number of aliphatic hydroxyl groups excluding tert-OH is 1. The number of anilines is 2. The van der Waals surface area contributed by atoms with Crippen molar-refractivity contribution in [2.45, 2.75) is 20.3 Å². The largest absolute Gasteiger partial charge is 0.398 e. The molecule has 0 radical (unpaired) electrons. The minimum Gasteiger partial charge on any atom is -0.398 e. The Morgan fingerprint density at radius 3 is 2.71 bits per heavy atom. The second-order valence-electron chi connectivity index (χ2n) is 3.31. The molecule has 0 unspecified atom stereocenters. The molecular formula is C11H18N2O. The number of hydrogen-bond acceptors (Lipinski definition) is 3. The Balaban J connectivity index is 2.96. The quantitative estimate of drug-likeness (QED) is 0.637. The van der Waals surface area contributed by atoms with Crippen LogP contribution in [-0.2, 0) is 6.42 Å². The highest BCUT2D eigenvalue weighted by Gasteiger charge is 2.05. The van der Waals surface area contributed by atoms with Crippen LogP contribution >= 0.6 is 0 Å². The normalized spacial score (nSPS) is 10.2. The zero-order valence-electron chi connectivity index (χ0n) is 8.80. The van der Waals surface area contributed by atoms with Crippen LogP contribution in [0.4, 0.5) is 11.4 Å². The Kier molecular flexibility index (Phi) is 3.77. The van der Waals surface area contributed by atoms with Gasteiger partial charge < -0.3 is 16.2 Å². The van der Waals surface area contributed by atoms with E-state index >= 15 is 0 Å². The molecule has 1 rings (SSSR count). The van der Waals surface area contributed by atoms with Crippen molar-refractivity contribution in [1.82, 2.24) is 0 Å². The SMILES string of the molecule is CCc1c(N)ccc(NCCO)c1C. The summed E-state index contributed by atoms with van der Waals surface area (Å²) >= 11 is 0. The van der Waals surface area contributed by atoms with Crippen LogP contribution in [0, 0.1) is 6.92 Å². The molecule has 4 N–H and O–H groups in total. The molecule has 0 aliphatic heterocycles. The van der Waals surface area contributed by atoms with Crippen LogP contribution in [0.3, 0.4) is 0 Å². The van der Waals surface area contributed by atoms with E-state index in [1.165, 1.54) is 11.1 Å². The third-order valence-corrected chi connectivity index (χ3v) is 2.42. The monoisotopic (exact) mass is 194 g/mol. The van der Waals surface area contributed by atoms with Crippen molar-refractivity contribution < 1.29 is 5.11 Å². The maximum absolute atomic E-state index is 8.71. The van der Waals surface area contributed by atoms with Gasteiger partial charge in [0.15, 0.2) is 0 Å². The van der Waals surface area contributed by atoms with E-state index in [4.69, 9.17) is 10.8 Å². The maximum atomic E-state index is 8.71. The Morgan fingerprint density at radius 1 is 1.43 bits per heavy atom. The minimum absolute atomic E-state index is 0.144. The molecule has 14 heavy (non-hydrogen) atoms. The molecule has 0 aliphatic rings. The fourth-order valence-electron chi connectivity index (χ4n) is 1.63. The smallest absolute Gasteiger partial charge is 0.0604 e. The fourth-order valence-corrected chi connectivity index (χ4v) is 1.63. The maximum Gasteiger partial charge on any atom is 0.0604 e. The van der Waals surface area contributed by atoms with Crippen molar-refractivity contribution >= 4 is 11.4 Å². The molecule has 0 aliphatic carbocycles. The summed E-state index contributed by atoms with van der Waals surface area (Å²) in [7, 11) is 0. The first-order chi connectivity index (χ1) is 6.70. The predicted octanol–water partition coefficient (Wildman–Crippen LogP) is 1.54. The van der Waals surface area contributed by atoms with E-state index in [0.29, 0.717) is 6.54 Å². The standard InChI is InChI=1S/C11H18N2O/c1-3-9-8(2)11(13-6-7-14)5-4-10(9)12/h4-5,13-14H,3,6-7,12H2,1-2H3. The van der Waals surface area contributed by atoms with Crippen LogP contribution in [0.5, 0.6) is 0 Å². The molecule has 0 atom stereocenters. The Morgan fingerprint density at radius 2 is 2.14 bits per heavy atom. The van der Waals surface area contributed by atoms with Crippen LogP contribution < -0.4 is 11.1 Å². The summed E-state index contributed by atoms with van der Waals surface area (Å²) in [5.74, 6) is 0. The molecule has 0 bridgehead atoms. The van der Waals surface area contributed by atoms with Gasteiger partial charge in [-0.3, -0.25) is 0 Å². The molecule has 78 valence electrons. The van der Waals surface area contributed by atoms with Crippen LogP contribution in [0.1, 0.15) is 18.1 Å². The Bertz CT molecular complexity index is 310. The van der Waals surface area contributed by atoms with E-state index in [1.54, 1.807) is 0 Å². The van der Waals surface area contributed by atoms with Crippen molar-refractivity contribution in [2.75, 3.05) is 24.2 Å². The highest BCUT2D eigenvalue weighted by atomic mass is 16.3. The first kappa shape index (κ1) is 10.9. The molecule has 1 aromatic carbocycles. The van der Waals surface area contributed by atoms with Crippen molar-refractivity contribution in [3.8, 4) is 0 Å². The van der Waals surface area contributed by atoms with Gasteiger partial charge in [-0.1, -0.05) is 6.92 Å². The average Bonchev–Trinajstić information content (AvgIpc) is 2.18. The Hall–Kier alpha value is -1.22. The van der Waals surface area contributed by atoms with E-state index in [0.717, 1.165) is 17.8 Å². The van der Waals surface area contributed by atoms with Gasteiger partial charge in [0.2, 0.25) is 0 Å². The topological polar surface area (TPSA) is 58.3 Å². The van der Waals surface area contributed by atoms with Gasteiger partial charge in [0.1, 0.15) is 0 Å². The molecule has 1 aromatic rings. The van der Waals surface area contributed by atoms with Gasteiger partial charge in [0.25, 0.3) is 0 Å². The summed E-state index contributed by atoms with van der Waals surface area (Å²) < 4.78 is 0. The number of nitrogen functional groups attached to an aromatic ring is 1. The van der Waals surface area contributed by atoms with Gasteiger partial charge >= 0.3 is 0 Å². The highest BCUT2D eigenvalue weighted by molar-refractivity contribution is 5.63. The third kappa shape index (κ3) is 2.17. The summed E-state index contributed by atoms with van der Waals surface area (Å²) in [5.41, 5.74) is 10.1. The van der Waals surface area contributed by atoms with Crippen LogP contribution in [0.25, 0.3) is 0 Å². The summed E-state index contributed by atoms with van der Waals surface area (Å²) in [4.78, 5) is 0. The van der Waals surface area contributed by atoms with Crippen LogP contribution in [0.15, 0.2) is 12.1 Å². The average molecular weight is 194 g/mol. The van der Waals surface area contributed by atoms with Gasteiger partial charge in [0.05, 0.1) is 6.61 Å². The number of benzene rings is 1. The summed E-state index contributed by atoms with van der Waals surface area (Å²) in [5, 5.41) is 11.9. The third-order valence-electron chi connectivity index (χ3n) is 2.42. The molecule has 0 amide bonds. The van der Waals surface area contributed by atoms with Gasteiger partial charge in [-0.2, -0.15) is 0 Å². The number of nitrogens with one attached hydrogen (secondary N) is 1. The van der Waals surface area contributed by atoms with E-state index in [2.05, 4.69) is 19.2 Å². The summed E-state index contributed by atoms with van der Waals surface area (Å²) in [6.07, 6.45) is 0.937. The van der Waals surface area contributed by atoms with Gasteiger partial charge in [0, 0.05) is 17.9 Å². The van der Waals surface area contributed by atoms with E-state index < -0.39 is 0 Å². The fraction of sp³-hybridized carbons (Fsp3) is 0.455. The Labute approximate surface area is 84.9 Å². The first-order valence-electron chi connectivity index (χ1n) is 4.93. The van der Waals surface area contributed by atoms with Crippen LogP contribution in [-0.4, -0.2) is 18.3 Å². The lowest BCUT2D eigenvalue weighted by atomic mass is 10.0. The molecule has 3 nitrogen and oxygen atoms in total. The lowest BCUT2D eigenvalue weighted by molar-refractivity contribution is 0.311. The van der Waals surface area contributed by atoms with Crippen molar-refractivity contribution in [1.29, 1.82) is 0 Å². The lowest BCUT2D eigenvalue weighted by Crippen LogP contribution is -2.08. The number of hydrogen-bond donors (Lipinski definition) is 3. The second-order valence-corrected chi connectivity index (χ2v) is 3.31. The zero-order valence-corrected chi connectivity index (χ0v) is 8.80. The van der Waals surface area contributed by atoms with E-state index in [-0.39, 0.29) is 6.61 Å². The number of rotatable bonds is 4. The predicted molar refractivity (Wildman–Crippen MR) is 60.5 cm³/mol. The summed E-state index contributed by atoms with van der Waals surface area (Å²) in [6.45, 7) is 4.86. The minimum atomic E-state index is 0.144. The van der Waals surface area contributed by atoms with Crippen molar-refractivity contribution in [3.05, 3.63) is 23.3 Å². The molecular weight excluding hydrogens is 176 g/mol. The van der Waals surface area contributed by atoms with Gasteiger partial charge in [-0.25, -0.2) is 0 Å². The molecule has 0 saturated carbocycles. The van der Waals surface area contributed by atoms with Crippen molar-refractivity contribution in [2.24, 2.45) is 0 Å². The molecule has 0 fully saturated rings. The number of nitrogens with two attached hydrogens (primary N) is 1. The molecule has 3 heteroatoms. The molecule has 0 saturated heterocycles. The van der Waals surface area contributed by atoms with Crippen LogP contribution in [0.2, 0.25) is 0 Å². The molecule has 0 heterocycles. The lowest BCUT2D eigenvalue weighted by Gasteiger charge is -2.13. The second kappa shape index (κ2) is 4.86. The zero-order chi connectivity index (χ0) is 10.6. The molecule has 0 spiro atoms. The van der Waals surface area contributed by atoms with Gasteiger partial charge in [-0.15, -0.1) is 0 Å². The van der Waals surface area contributed by atoms with E-state index in [1.807, 2.05) is 12.1 Å². The van der Waals surface area contributed by atoms with Gasteiger partial charge in [-0.05, 0) is 36.6 Å². The number of aliphatic hydroxyl groups is 1.